The molecular weight excluding hydrogens is 436 g/mol. The molecule has 5 rings (SSSR count). The highest BCUT2D eigenvalue weighted by molar-refractivity contribution is 6.00. The molecule has 5 saturated carbocycles. The number of hydrogen-bond donors (Lipinski definition) is 2. The maximum Gasteiger partial charge on any atom is 0.309 e. The summed E-state index contributed by atoms with van der Waals surface area (Å²) in [4.78, 5) is 26.1. The fourth-order valence-electron chi connectivity index (χ4n) is 11.7. The van der Waals surface area contributed by atoms with Gasteiger partial charge in [-0.15, -0.1) is 0 Å². The van der Waals surface area contributed by atoms with Crippen LogP contribution in [0.5, 0.6) is 0 Å². The molecule has 0 radical (unpaired) electrons. The Hall–Kier alpha value is -1.32. The molecule has 0 aliphatic heterocycles. The van der Waals surface area contributed by atoms with Gasteiger partial charge in [-0.3, -0.25) is 9.59 Å². The predicted octanol–water partition coefficient (Wildman–Crippen LogP) is 7.43. The number of carbonyl (C=O) groups is 2. The highest BCUT2D eigenvalue weighted by atomic mass is 16.4. The van der Waals surface area contributed by atoms with Crippen molar-refractivity contribution in [2.24, 2.45) is 62.6 Å². The number of rotatable bonds is 2. The van der Waals surface area contributed by atoms with Crippen LogP contribution >= 0.6 is 0 Å². The van der Waals surface area contributed by atoms with E-state index in [2.05, 4.69) is 48.5 Å². The van der Waals surface area contributed by atoms with Crippen LogP contribution < -0.4 is 0 Å². The number of carbonyl (C=O) groups excluding carboxylic acids is 1. The van der Waals surface area contributed by atoms with Crippen LogP contribution in [0.15, 0.2) is 11.8 Å². The molecule has 0 amide bonds. The van der Waals surface area contributed by atoms with Crippen LogP contribution in [0.1, 0.15) is 106 Å². The molecule has 196 valence electrons. The third kappa shape index (κ3) is 2.92. The van der Waals surface area contributed by atoms with Crippen molar-refractivity contribution >= 4 is 11.8 Å². The summed E-state index contributed by atoms with van der Waals surface area (Å²) in [6.07, 6.45) is 9.89. The Labute approximate surface area is 212 Å². The molecule has 0 aromatic heterocycles. The first kappa shape index (κ1) is 25.3. The molecule has 0 bridgehead atoms. The molecule has 2 N–H and O–H groups in total. The topological polar surface area (TPSA) is 74.6 Å². The van der Waals surface area contributed by atoms with Crippen LogP contribution in [-0.2, 0) is 9.59 Å². The monoisotopic (exact) mass is 484 g/mol. The molecule has 0 heterocycles. The van der Waals surface area contributed by atoms with Crippen molar-refractivity contribution in [3.63, 3.8) is 0 Å². The zero-order chi connectivity index (χ0) is 25.8. The highest BCUT2D eigenvalue weighted by Gasteiger charge is 2.72. The van der Waals surface area contributed by atoms with Gasteiger partial charge in [0.2, 0.25) is 0 Å². The van der Waals surface area contributed by atoms with E-state index in [0.717, 1.165) is 57.6 Å². The average Bonchev–Trinajstić information content (AvgIpc) is 3.18. The molecule has 5 aliphatic rings. The molecule has 5 fully saturated rings. The largest absolute Gasteiger partial charge is 0.515 e. The van der Waals surface area contributed by atoms with E-state index in [4.69, 9.17) is 0 Å². The van der Waals surface area contributed by atoms with Gasteiger partial charge in [0.25, 0.3) is 0 Å². The second kappa shape index (κ2) is 7.60. The summed E-state index contributed by atoms with van der Waals surface area (Å²) in [5.74, 6) is 2.13. The van der Waals surface area contributed by atoms with Gasteiger partial charge in [0.05, 0.1) is 11.7 Å². The van der Waals surface area contributed by atoms with Gasteiger partial charge < -0.3 is 10.2 Å². The van der Waals surface area contributed by atoms with E-state index in [0.29, 0.717) is 41.6 Å². The standard InChI is InChI=1S/C31H48O4/c1-18(2)20-10-13-31(26(34)35)15-14-29(6)21(24(20)31)8-9-23-28(5)16-19(17-32)25(33)27(3,4)22(28)11-12-30(23,29)7/h17-18,20-24,32H,8-16H2,1-7H3,(H,34,35)/t20-,21?,22?,23+,24?,28-,29+,30+,31-/m0/s1. The molecule has 3 unspecified atom stereocenters. The van der Waals surface area contributed by atoms with E-state index < -0.39 is 16.8 Å². The van der Waals surface area contributed by atoms with Crippen molar-refractivity contribution in [3.8, 4) is 0 Å². The molecule has 4 heteroatoms. The second-order valence-corrected chi connectivity index (χ2v) is 15.0. The van der Waals surface area contributed by atoms with Crippen LogP contribution in [-0.4, -0.2) is 22.0 Å². The van der Waals surface area contributed by atoms with E-state index in [-0.39, 0.29) is 27.9 Å². The van der Waals surface area contributed by atoms with Gasteiger partial charge in [-0.1, -0.05) is 48.5 Å². The number of Topliss-reactive ketones (excluding diaryl/α,β-unsaturated/α-hetero) is 1. The quantitative estimate of drug-likeness (QED) is 0.316. The molecule has 0 saturated heterocycles. The maximum atomic E-state index is 13.2. The number of allylic oxidation sites excluding steroid dienone is 1. The first-order chi connectivity index (χ1) is 16.2. The lowest BCUT2D eigenvalue weighted by Gasteiger charge is -2.72. The Morgan fingerprint density at radius 2 is 1.60 bits per heavy atom. The smallest absolute Gasteiger partial charge is 0.309 e. The highest BCUT2D eigenvalue weighted by Crippen LogP contribution is 2.77. The van der Waals surface area contributed by atoms with Crippen LogP contribution in [0, 0.1) is 62.6 Å². The first-order valence-corrected chi connectivity index (χ1v) is 14.3. The predicted molar refractivity (Wildman–Crippen MR) is 138 cm³/mol. The minimum atomic E-state index is -0.541. The normalized spacial score (nSPS) is 51.9. The zero-order valence-electron chi connectivity index (χ0n) is 23.1. The Bertz CT molecular complexity index is 963. The van der Waals surface area contributed by atoms with Crippen molar-refractivity contribution in [1.29, 1.82) is 0 Å². The zero-order valence-corrected chi connectivity index (χ0v) is 23.1. The molecule has 9 atom stereocenters. The maximum absolute atomic E-state index is 13.2. The molecular formula is C31H48O4. The fraction of sp³-hybridized carbons (Fsp3) is 0.871. The van der Waals surface area contributed by atoms with Crippen LogP contribution in [0.25, 0.3) is 0 Å². The summed E-state index contributed by atoms with van der Waals surface area (Å²) in [7, 11) is 0. The summed E-state index contributed by atoms with van der Waals surface area (Å²) in [5.41, 5.74) is -0.182. The first-order valence-electron chi connectivity index (χ1n) is 14.3. The molecule has 0 aromatic rings. The van der Waals surface area contributed by atoms with Gasteiger partial charge in [-0.25, -0.2) is 0 Å². The van der Waals surface area contributed by atoms with Gasteiger partial charge in [0.15, 0.2) is 5.78 Å². The summed E-state index contributed by atoms with van der Waals surface area (Å²) in [5, 5.41) is 20.6. The van der Waals surface area contributed by atoms with Gasteiger partial charge in [-0.05, 0) is 110 Å². The summed E-state index contributed by atoms with van der Waals surface area (Å²) in [6, 6.07) is 0. The number of carboxylic acids is 1. The van der Waals surface area contributed by atoms with Crippen LogP contribution in [0.3, 0.4) is 0 Å². The molecule has 35 heavy (non-hydrogen) atoms. The van der Waals surface area contributed by atoms with E-state index in [1.165, 1.54) is 0 Å². The van der Waals surface area contributed by atoms with Gasteiger partial charge in [-0.2, -0.15) is 0 Å². The molecule has 5 aliphatic carbocycles. The Morgan fingerprint density at radius 1 is 0.914 bits per heavy atom. The Balaban J connectivity index is 1.59. The number of aliphatic hydroxyl groups is 1. The SMILES string of the molecule is CC(C)[C@@H]1CC[C@]2(C(=O)O)CC[C@]3(C)C(CC[C@@H]4[C@@]5(C)CC(=CO)C(=O)C(C)(C)C5CC[C@]43C)C12. The third-order valence-electron chi connectivity index (χ3n) is 13.5. The number of fused-ring (bicyclic) bond motifs is 7. The lowest BCUT2D eigenvalue weighted by molar-refractivity contribution is -0.234. The van der Waals surface area contributed by atoms with Crippen LogP contribution in [0.4, 0.5) is 0 Å². The number of ketones is 1. The minimum Gasteiger partial charge on any atom is -0.515 e. The number of aliphatic carboxylic acids is 1. The molecule has 0 spiro atoms. The van der Waals surface area contributed by atoms with E-state index in [1.54, 1.807) is 0 Å². The van der Waals surface area contributed by atoms with Crippen molar-refractivity contribution in [3.05, 3.63) is 11.8 Å². The summed E-state index contributed by atoms with van der Waals surface area (Å²) < 4.78 is 0. The number of aliphatic hydroxyl groups excluding tert-OH is 1. The lowest BCUT2D eigenvalue weighted by Crippen LogP contribution is -2.67. The van der Waals surface area contributed by atoms with Crippen molar-refractivity contribution < 1.29 is 19.8 Å². The Morgan fingerprint density at radius 3 is 2.20 bits per heavy atom. The van der Waals surface area contributed by atoms with Crippen molar-refractivity contribution in [1.82, 2.24) is 0 Å². The van der Waals surface area contributed by atoms with Crippen LogP contribution in [0.2, 0.25) is 0 Å². The second-order valence-electron chi connectivity index (χ2n) is 15.0. The average molecular weight is 485 g/mol. The van der Waals surface area contributed by atoms with E-state index >= 15 is 0 Å². The number of carboxylic acid groups (broad SMARTS) is 1. The summed E-state index contributed by atoms with van der Waals surface area (Å²) >= 11 is 0. The minimum absolute atomic E-state index is 0.0264. The number of hydrogen-bond acceptors (Lipinski definition) is 3. The molecule has 4 nitrogen and oxygen atoms in total. The summed E-state index contributed by atoms with van der Waals surface area (Å²) in [6.45, 7) is 16.3. The van der Waals surface area contributed by atoms with Gasteiger partial charge in [0, 0.05) is 11.0 Å². The fourth-order valence-corrected chi connectivity index (χ4v) is 11.7. The third-order valence-corrected chi connectivity index (χ3v) is 13.5. The lowest BCUT2D eigenvalue weighted by atomic mass is 9.32. The van der Waals surface area contributed by atoms with Gasteiger partial charge >= 0.3 is 5.97 Å². The van der Waals surface area contributed by atoms with E-state index in [9.17, 15) is 19.8 Å². The molecule has 0 aromatic carbocycles. The Kier molecular flexibility index (Phi) is 5.50. The van der Waals surface area contributed by atoms with Crippen molar-refractivity contribution in [2.45, 2.75) is 106 Å². The van der Waals surface area contributed by atoms with E-state index in [1.807, 2.05) is 0 Å². The van der Waals surface area contributed by atoms with Gasteiger partial charge in [0.1, 0.15) is 0 Å². The van der Waals surface area contributed by atoms with Crippen molar-refractivity contribution in [2.75, 3.05) is 0 Å².